The predicted molar refractivity (Wildman–Crippen MR) is 104 cm³/mol. The lowest BCUT2D eigenvalue weighted by Gasteiger charge is -2.16. The Morgan fingerprint density at radius 3 is 2.42 bits per heavy atom. The van der Waals surface area contributed by atoms with Crippen molar-refractivity contribution in [3.05, 3.63) is 71.2 Å². The first-order chi connectivity index (χ1) is 12.7. The molecule has 1 heterocycles. The maximum Gasteiger partial charge on any atom is 0.267 e. The molecule has 0 saturated carbocycles. The third kappa shape index (κ3) is 5.13. The molecule has 6 heteroatoms. The molecule has 5 nitrogen and oxygen atoms in total. The average Bonchev–Trinajstić information content (AvgIpc) is 3.13. The number of nitrogens with zero attached hydrogens (tertiary/aromatic N) is 2. The quantitative estimate of drug-likeness (QED) is 0.650. The summed E-state index contributed by atoms with van der Waals surface area (Å²) in [6.07, 6.45) is 1.71. The molecule has 2 aromatic carbocycles. The number of carbonyl (C=O) groups excluding carboxylic acids is 1. The summed E-state index contributed by atoms with van der Waals surface area (Å²) in [7, 11) is 0. The van der Waals surface area contributed by atoms with E-state index in [0.717, 1.165) is 17.8 Å². The Bertz CT molecular complexity index is 821. The molecule has 0 aliphatic rings. The largest absolute Gasteiger partial charge is 0.481 e. The van der Waals surface area contributed by atoms with Crippen LogP contribution in [0.5, 0.6) is 5.75 Å². The number of amides is 1. The molecular weight excluding hydrogens is 346 g/mol. The summed E-state index contributed by atoms with van der Waals surface area (Å²) in [5, 5.41) is 12.5. The normalized spacial score (nSPS) is 11.7. The number of ether oxygens (including phenoxy) is 1. The molecular formula is C20H21N3O2S. The minimum atomic E-state index is -0.561. The van der Waals surface area contributed by atoms with E-state index in [-0.39, 0.29) is 5.91 Å². The molecule has 0 spiro atoms. The van der Waals surface area contributed by atoms with E-state index in [9.17, 15) is 4.79 Å². The van der Waals surface area contributed by atoms with Gasteiger partial charge in [-0.1, -0.05) is 66.8 Å². The number of anilines is 1. The molecule has 0 unspecified atom stereocenters. The van der Waals surface area contributed by atoms with Gasteiger partial charge in [-0.15, -0.1) is 10.2 Å². The Labute approximate surface area is 157 Å². The van der Waals surface area contributed by atoms with Crippen LogP contribution in [0.4, 0.5) is 5.13 Å². The zero-order chi connectivity index (χ0) is 18.2. The molecule has 3 rings (SSSR count). The smallest absolute Gasteiger partial charge is 0.267 e. The summed E-state index contributed by atoms with van der Waals surface area (Å²) in [6.45, 7) is 1.92. The third-order valence-electron chi connectivity index (χ3n) is 3.85. The zero-order valence-electron chi connectivity index (χ0n) is 14.6. The number of hydrogen-bond acceptors (Lipinski definition) is 5. The molecule has 1 amide bonds. The number of carbonyl (C=O) groups is 1. The van der Waals surface area contributed by atoms with Crippen LogP contribution in [0.15, 0.2) is 60.7 Å². The number of nitrogens with one attached hydrogen (secondary N) is 1. The van der Waals surface area contributed by atoms with Crippen LogP contribution < -0.4 is 10.1 Å². The van der Waals surface area contributed by atoms with E-state index in [0.29, 0.717) is 17.3 Å². The van der Waals surface area contributed by atoms with Crippen LogP contribution in [0, 0.1) is 0 Å². The molecule has 0 saturated heterocycles. The number of rotatable bonds is 8. The fourth-order valence-electron chi connectivity index (χ4n) is 2.47. The lowest BCUT2D eigenvalue weighted by molar-refractivity contribution is -0.122. The molecule has 1 aromatic heterocycles. The summed E-state index contributed by atoms with van der Waals surface area (Å²) >= 11 is 1.40. The van der Waals surface area contributed by atoms with Gasteiger partial charge in [0.1, 0.15) is 10.8 Å². The molecule has 1 atom stereocenters. The maximum atomic E-state index is 12.4. The summed E-state index contributed by atoms with van der Waals surface area (Å²) in [6, 6.07) is 19.6. The van der Waals surface area contributed by atoms with Crippen LogP contribution in [0.25, 0.3) is 0 Å². The first-order valence-corrected chi connectivity index (χ1v) is 9.45. The van der Waals surface area contributed by atoms with E-state index < -0.39 is 6.10 Å². The second kappa shape index (κ2) is 9.10. The Kier molecular flexibility index (Phi) is 6.33. The van der Waals surface area contributed by atoms with Crippen molar-refractivity contribution in [2.45, 2.75) is 32.3 Å². The van der Waals surface area contributed by atoms with E-state index in [1.54, 1.807) is 0 Å². The second-order valence-corrected chi connectivity index (χ2v) is 6.87. The number of para-hydroxylation sites is 1. The standard InChI is InChI=1S/C20H21N3O2S/c1-2-17(25-16-11-7-4-8-12-16)19(24)21-20-23-22-18(26-20)14-13-15-9-5-3-6-10-15/h3-12,17H,2,13-14H2,1H3,(H,21,23,24)/t17-/m1/s1. The van der Waals surface area contributed by atoms with Crippen LogP contribution in [0.3, 0.4) is 0 Å². The molecule has 0 fully saturated rings. The van der Waals surface area contributed by atoms with Gasteiger partial charge in [-0.3, -0.25) is 10.1 Å². The summed E-state index contributed by atoms with van der Waals surface area (Å²) in [4.78, 5) is 12.4. The van der Waals surface area contributed by atoms with Gasteiger partial charge in [0.25, 0.3) is 5.91 Å². The lowest BCUT2D eigenvalue weighted by Crippen LogP contribution is -2.32. The second-order valence-electron chi connectivity index (χ2n) is 5.80. The van der Waals surface area contributed by atoms with Gasteiger partial charge in [0, 0.05) is 6.42 Å². The zero-order valence-corrected chi connectivity index (χ0v) is 15.4. The first kappa shape index (κ1) is 18.1. The molecule has 26 heavy (non-hydrogen) atoms. The Balaban J connectivity index is 1.54. The van der Waals surface area contributed by atoms with Gasteiger partial charge in [0.05, 0.1) is 0 Å². The van der Waals surface area contributed by atoms with E-state index in [1.165, 1.54) is 16.9 Å². The van der Waals surface area contributed by atoms with Gasteiger partial charge in [-0.05, 0) is 30.5 Å². The highest BCUT2D eigenvalue weighted by molar-refractivity contribution is 7.15. The van der Waals surface area contributed by atoms with E-state index in [1.807, 2.05) is 55.5 Å². The predicted octanol–water partition coefficient (Wildman–Crippen LogP) is 4.12. The van der Waals surface area contributed by atoms with Crippen LogP contribution >= 0.6 is 11.3 Å². The SMILES string of the molecule is CC[C@@H](Oc1ccccc1)C(=O)Nc1nnc(CCc2ccccc2)s1. The van der Waals surface area contributed by atoms with Crippen LogP contribution in [0.1, 0.15) is 23.9 Å². The van der Waals surface area contributed by atoms with E-state index in [4.69, 9.17) is 4.74 Å². The number of hydrogen-bond donors (Lipinski definition) is 1. The number of aromatic nitrogens is 2. The van der Waals surface area contributed by atoms with Crippen LogP contribution in [-0.2, 0) is 17.6 Å². The number of aryl methyl sites for hydroxylation is 2. The van der Waals surface area contributed by atoms with E-state index >= 15 is 0 Å². The average molecular weight is 367 g/mol. The van der Waals surface area contributed by atoms with Gasteiger partial charge in [-0.25, -0.2) is 0 Å². The highest BCUT2D eigenvalue weighted by Crippen LogP contribution is 2.19. The van der Waals surface area contributed by atoms with Crippen LogP contribution in [-0.4, -0.2) is 22.2 Å². The van der Waals surface area contributed by atoms with Gasteiger partial charge in [0.2, 0.25) is 5.13 Å². The van der Waals surface area contributed by atoms with Crippen molar-refractivity contribution in [2.24, 2.45) is 0 Å². The van der Waals surface area contributed by atoms with Gasteiger partial charge < -0.3 is 4.74 Å². The minimum absolute atomic E-state index is 0.206. The van der Waals surface area contributed by atoms with Crippen molar-refractivity contribution in [1.82, 2.24) is 10.2 Å². The molecule has 3 aromatic rings. The monoisotopic (exact) mass is 367 g/mol. The van der Waals surface area contributed by atoms with Crippen molar-refractivity contribution in [3.8, 4) is 5.75 Å². The lowest BCUT2D eigenvalue weighted by atomic mass is 10.1. The molecule has 1 N–H and O–H groups in total. The molecule has 0 aliphatic carbocycles. The van der Waals surface area contributed by atoms with Crippen molar-refractivity contribution >= 4 is 22.4 Å². The molecule has 0 aliphatic heterocycles. The van der Waals surface area contributed by atoms with Crippen molar-refractivity contribution in [1.29, 1.82) is 0 Å². The Hall–Kier alpha value is -2.73. The van der Waals surface area contributed by atoms with Gasteiger partial charge >= 0.3 is 0 Å². The minimum Gasteiger partial charge on any atom is -0.481 e. The van der Waals surface area contributed by atoms with Crippen molar-refractivity contribution < 1.29 is 9.53 Å². The molecule has 0 bridgehead atoms. The summed E-state index contributed by atoms with van der Waals surface area (Å²) in [5.74, 6) is 0.470. The summed E-state index contributed by atoms with van der Waals surface area (Å²) in [5.41, 5.74) is 1.26. The molecule has 134 valence electrons. The van der Waals surface area contributed by atoms with Crippen molar-refractivity contribution in [2.75, 3.05) is 5.32 Å². The number of benzene rings is 2. The molecule has 0 radical (unpaired) electrons. The topological polar surface area (TPSA) is 64.1 Å². The fraction of sp³-hybridized carbons (Fsp3) is 0.250. The summed E-state index contributed by atoms with van der Waals surface area (Å²) < 4.78 is 5.75. The third-order valence-corrected chi connectivity index (χ3v) is 4.75. The Morgan fingerprint density at radius 2 is 1.73 bits per heavy atom. The highest BCUT2D eigenvalue weighted by Gasteiger charge is 2.20. The van der Waals surface area contributed by atoms with Crippen LogP contribution in [0.2, 0.25) is 0 Å². The van der Waals surface area contributed by atoms with E-state index in [2.05, 4.69) is 27.6 Å². The highest BCUT2D eigenvalue weighted by atomic mass is 32.1. The fourth-order valence-corrected chi connectivity index (χ4v) is 3.21. The maximum absolute atomic E-state index is 12.4. The van der Waals surface area contributed by atoms with Gasteiger partial charge in [0.15, 0.2) is 6.10 Å². The van der Waals surface area contributed by atoms with Gasteiger partial charge in [-0.2, -0.15) is 0 Å². The van der Waals surface area contributed by atoms with Crippen molar-refractivity contribution in [3.63, 3.8) is 0 Å². The Morgan fingerprint density at radius 1 is 1.04 bits per heavy atom. The first-order valence-electron chi connectivity index (χ1n) is 8.63.